The molecule has 2 atom stereocenters. The van der Waals surface area contributed by atoms with Crippen LogP contribution in [0.3, 0.4) is 0 Å². The molecular weight excluding hydrogens is 280 g/mol. The van der Waals surface area contributed by atoms with Gasteiger partial charge in [-0.25, -0.2) is 0 Å². The van der Waals surface area contributed by atoms with Crippen LogP contribution in [0.5, 0.6) is 0 Å². The lowest BCUT2D eigenvalue weighted by Crippen LogP contribution is -2.43. The van der Waals surface area contributed by atoms with E-state index in [4.69, 9.17) is 4.52 Å². The topological polar surface area (TPSA) is 75.4 Å². The highest BCUT2D eigenvalue weighted by Crippen LogP contribution is 2.26. The van der Waals surface area contributed by atoms with Gasteiger partial charge in [-0.1, -0.05) is 42.4 Å². The molecule has 0 saturated heterocycles. The number of aliphatic hydroxyl groups excluding tert-OH is 1. The molecule has 0 fully saturated rings. The zero-order chi connectivity index (χ0) is 16.2. The van der Waals surface area contributed by atoms with E-state index in [2.05, 4.69) is 10.5 Å². The van der Waals surface area contributed by atoms with Crippen molar-refractivity contribution in [3.63, 3.8) is 0 Å². The maximum absolute atomic E-state index is 12.1. The largest absolute Gasteiger partial charge is 0.393 e. The number of nitrogens with zero attached hydrogens (tertiary/aromatic N) is 1. The lowest BCUT2D eigenvalue weighted by molar-refractivity contribution is 0.0493. The van der Waals surface area contributed by atoms with Crippen molar-refractivity contribution >= 4 is 5.91 Å². The van der Waals surface area contributed by atoms with Crippen molar-refractivity contribution in [1.82, 2.24) is 10.5 Å². The lowest BCUT2D eigenvalue weighted by Gasteiger charge is -2.33. The van der Waals surface area contributed by atoms with Crippen molar-refractivity contribution in [3.05, 3.63) is 53.4 Å². The molecule has 0 saturated carbocycles. The van der Waals surface area contributed by atoms with Gasteiger partial charge in [-0.3, -0.25) is 4.79 Å². The van der Waals surface area contributed by atoms with E-state index in [0.717, 1.165) is 5.56 Å². The van der Waals surface area contributed by atoms with E-state index in [1.165, 1.54) is 0 Å². The molecule has 0 spiro atoms. The molecule has 0 aliphatic heterocycles. The molecule has 5 nitrogen and oxygen atoms in total. The van der Waals surface area contributed by atoms with Crippen molar-refractivity contribution in [2.75, 3.05) is 6.54 Å². The Kier molecular flexibility index (Phi) is 4.98. The molecule has 0 unspecified atom stereocenters. The molecule has 0 aliphatic carbocycles. The maximum atomic E-state index is 12.1. The van der Waals surface area contributed by atoms with E-state index in [1.807, 2.05) is 37.3 Å². The minimum absolute atomic E-state index is 0.185. The monoisotopic (exact) mass is 302 g/mol. The molecule has 2 N–H and O–H groups in total. The first-order valence-corrected chi connectivity index (χ1v) is 7.34. The van der Waals surface area contributed by atoms with Gasteiger partial charge in [0.05, 0.1) is 11.8 Å². The first-order chi connectivity index (χ1) is 10.4. The van der Waals surface area contributed by atoms with Crippen LogP contribution in [0.2, 0.25) is 0 Å². The van der Waals surface area contributed by atoms with Crippen LogP contribution in [-0.4, -0.2) is 28.8 Å². The molecule has 22 heavy (non-hydrogen) atoms. The van der Waals surface area contributed by atoms with Crippen molar-refractivity contribution in [2.24, 2.45) is 5.41 Å². The molecule has 1 heterocycles. The Morgan fingerprint density at radius 3 is 2.64 bits per heavy atom. The van der Waals surface area contributed by atoms with Crippen LogP contribution in [0.25, 0.3) is 0 Å². The van der Waals surface area contributed by atoms with Crippen LogP contribution >= 0.6 is 0 Å². The summed E-state index contributed by atoms with van der Waals surface area (Å²) in [5.74, 6) is -0.134. The van der Waals surface area contributed by atoms with Crippen LogP contribution in [0.1, 0.15) is 35.7 Å². The number of aliphatic hydroxyl groups is 1. The molecule has 2 aromatic rings. The standard InChI is InChI=1S/C17H22N2O3/c1-12-9-15(22-19-12)16(21)18-11-17(3,13(2)20)10-14-7-5-4-6-8-14/h4-9,13,20H,10-11H2,1-3H3,(H,18,21)/t13-,17+/m1/s1. The first kappa shape index (κ1) is 16.2. The summed E-state index contributed by atoms with van der Waals surface area (Å²) in [6, 6.07) is 11.5. The van der Waals surface area contributed by atoms with Crippen molar-refractivity contribution < 1.29 is 14.4 Å². The van der Waals surface area contributed by atoms with Crippen molar-refractivity contribution in [1.29, 1.82) is 0 Å². The predicted octanol–water partition coefficient (Wildman–Crippen LogP) is 2.34. The lowest BCUT2D eigenvalue weighted by atomic mass is 9.79. The summed E-state index contributed by atoms with van der Waals surface area (Å²) in [6.45, 7) is 5.80. The number of benzene rings is 1. The summed E-state index contributed by atoms with van der Waals surface area (Å²) >= 11 is 0. The molecule has 1 aromatic heterocycles. The van der Waals surface area contributed by atoms with Crippen LogP contribution in [-0.2, 0) is 6.42 Å². The molecule has 5 heteroatoms. The number of aryl methyl sites for hydroxylation is 1. The van der Waals surface area contributed by atoms with Gasteiger partial charge in [0, 0.05) is 18.0 Å². The number of hydrogen-bond donors (Lipinski definition) is 2. The van der Waals surface area contributed by atoms with Gasteiger partial charge in [-0.15, -0.1) is 0 Å². The van der Waals surface area contributed by atoms with E-state index in [1.54, 1.807) is 19.9 Å². The van der Waals surface area contributed by atoms with Crippen LogP contribution in [0.4, 0.5) is 0 Å². The molecule has 118 valence electrons. The smallest absolute Gasteiger partial charge is 0.289 e. The average molecular weight is 302 g/mol. The van der Waals surface area contributed by atoms with E-state index < -0.39 is 11.5 Å². The third-order valence-electron chi connectivity index (χ3n) is 3.96. The number of carbonyl (C=O) groups is 1. The summed E-state index contributed by atoms with van der Waals surface area (Å²) in [7, 11) is 0. The molecule has 1 amide bonds. The highest BCUT2D eigenvalue weighted by molar-refractivity contribution is 5.91. The van der Waals surface area contributed by atoms with E-state index in [9.17, 15) is 9.90 Å². The second kappa shape index (κ2) is 6.75. The Bertz CT molecular complexity index is 622. The number of nitrogens with one attached hydrogen (secondary N) is 1. The van der Waals surface area contributed by atoms with Crippen LogP contribution in [0.15, 0.2) is 40.9 Å². The van der Waals surface area contributed by atoms with Gasteiger partial charge in [0.25, 0.3) is 5.91 Å². The van der Waals surface area contributed by atoms with Gasteiger partial charge in [-0.05, 0) is 25.8 Å². The normalized spacial score (nSPS) is 15.1. The average Bonchev–Trinajstić information content (AvgIpc) is 2.92. The fourth-order valence-electron chi connectivity index (χ4n) is 2.26. The Hall–Kier alpha value is -2.14. The van der Waals surface area contributed by atoms with E-state index >= 15 is 0 Å². The van der Waals surface area contributed by atoms with Crippen LogP contribution < -0.4 is 5.32 Å². The molecule has 2 rings (SSSR count). The Morgan fingerprint density at radius 1 is 1.41 bits per heavy atom. The first-order valence-electron chi connectivity index (χ1n) is 7.34. The van der Waals surface area contributed by atoms with Gasteiger partial charge in [0.1, 0.15) is 0 Å². The summed E-state index contributed by atoms with van der Waals surface area (Å²) < 4.78 is 4.95. The molecular formula is C17H22N2O3. The Balaban J connectivity index is 2.03. The van der Waals surface area contributed by atoms with Crippen molar-refractivity contribution in [2.45, 2.75) is 33.3 Å². The number of aromatic nitrogens is 1. The quantitative estimate of drug-likeness (QED) is 0.859. The summed E-state index contributed by atoms with van der Waals surface area (Å²) in [5, 5.41) is 16.7. The third-order valence-corrected chi connectivity index (χ3v) is 3.96. The SMILES string of the molecule is Cc1cc(C(=O)NC[C@](C)(Cc2ccccc2)[C@@H](C)O)on1. The molecule has 1 aromatic carbocycles. The van der Waals surface area contributed by atoms with Crippen molar-refractivity contribution in [3.8, 4) is 0 Å². The number of amides is 1. The van der Waals surface area contributed by atoms with E-state index in [-0.39, 0.29) is 11.7 Å². The highest BCUT2D eigenvalue weighted by atomic mass is 16.5. The van der Waals surface area contributed by atoms with Gasteiger partial charge in [0.15, 0.2) is 0 Å². The van der Waals surface area contributed by atoms with Gasteiger partial charge >= 0.3 is 0 Å². The molecule has 0 aliphatic rings. The minimum Gasteiger partial charge on any atom is -0.393 e. The third kappa shape index (κ3) is 3.95. The summed E-state index contributed by atoms with van der Waals surface area (Å²) in [4.78, 5) is 12.1. The number of hydrogen-bond acceptors (Lipinski definition) is 4. The highest BCUT2D eigenvalue weighted by Gasteiger charge is 2.31. The fraction of sp³-hybridized carbons (Fsp3) is 0.412. The zero-order valence-corrected chi connectivity index (χ0v) is 13.2. The van der Waals surface area contributed by atoms with Crippen LogP contribution in [0, 0.1) is 12.3 Å². The molecule has 0 bridgehead atoms. The zero-order valence-electron chi connectivity index (χ0n) is 13.2. The number of rotatable bonds is 6. The molecule has 0 radical (unpaired) electrons. The summed E-state index contributed by atoms with van der Waals surface area (Å²) in [6.07, 6.45) is 0.103. The Labute approximate surface area is 130 Å². The second-order valence-electron chi connectivity index (χ2n) is 6.01. The predicted molar refractivity (Wildman–Crippen MR) is 83.5 cm³/mol. The van der Waals surface area contributed by atoms with E-state index in [0.29, 0.717) is 18.7 Å². The second-order valence-corrected chi connectivity index (χ2v) is 6.01. The van der Waals surface area contributed by atoms with Gasteiger partial charge in [0.2, 0.25) is 5.76 Å². The summed E-state index contributed by atoms with van der Waals surface area (Å²) in [5.41, 5.74) is 1.31. The fourth-order valence-corrected chi connectivity index (χ4v) is 2.26. The van der Waals surface area contributed by atoms with Gasteiger partial charge in [-0.2, -0.15) is 0 Å². The maximum Gasteiger partial charge on any atom is 0.289 e. The Morgan fingerprint density at radius 2 is 2.09 bits per heavy atom. The minimum atomic E-state index is -0.565. The van der Waals surface area contributed by atoms with Gasteiger partial charge < -0.3 is 14.9 Å². The number of carbonyl (C=O) groups excluding carboxylic acids is 1.